The summed E-state index contributed by atoms with van der Waals surface area (Å²) in [7, 11) is 0. The van der Waals surface area contributed by atoms with Crippen molar-refractivity contribution in [2.45, 2.75) is 31.6 Å². The second-order valence-corrected chi connectivity index (χ2v) is 4.83. The van der Waals surface area contributed by atoms with Gasteiger partial charge < -0.3 is 5.11 Å². The number of aliphatic hydroxyl groups is 1. The Morgan fingerprint density at radius 2 is 2.23 bits per heavy atom. The maximum Gasteiger partial charge on any atom is 0.0465 e. The zero-order valence-corrected chi connectivity index (χ0v) is 8.59. The molecule has 1 nitrogen and oxygen atoms in total. The number of hydrogen-bond acceptors (Lipinski definition) is 2. The Morgan fingerprint density at radius 1 is 1.38 bits per heavy atom. The van der Waals surface area contributed by atoms with Gasteiger partial charge in [0.2, 0.25) is 0 Å². The third kappa shape index (κ3) is 1.94. The van der Waals surface area contributed by atoms with Crippen LogP contribution in [-0.4, -0.2) is 11.7 Å². The quantitative estimate of drug-likeness (QED) is 0.771. The van der Waals surface area contributed by atoms with Crippen LogP contribution in [0.1, 0.15) is 36.5 Å². The lowest BCUT2D eigenvalue weighted by molar-refractivity contribution is 0.170. The molecule has 2 atom stereocenters. The van der Waals surface area contributed by atoms with Crippen molar-refractivity contribution in [3.63, 3.8) is 0 Å². The molecule has 2 unspecified atom stereocenters. The second kappa shape index (κ2) is 4.25. The van der Waals surface area contributed by atoms with Crippen LogP contribution < -0.4 is 0 Å². The van der Waals surface area contributed by atoms with E-state index in [0.717, 1.165) is 0 Å². The fraction of sp³-hybridized carbons (Fsp3) is 0.636. The summed E-state index contributed by atoms with van der Waals surface area (Å²) < 4.78 is 0. The van der Waals surface area contributed by atoms with Gasteiger partial charge in [-0.05, 0) is 36.1 Å². The van der Waals surface area contributed by atoms with Crippen LogP contribution in [0.15, 0.2) is 17.5 Å². The lowest BCUT2D eigenvalue weighted by atomic mass is 9.79. The normalized spacial score (nSPS) is 29.0. The molecular weight excluding hydrogens is 180 g/mol. The molecule has 1 fully saturated rings. The van der Waals surface area contributed by atoms with Crippen molar-refractivity contribution >= 4 is 11.3 Å². The van der Waals surface area contributed by atoms with Gasteiger partial charge >= 0.3 is 0 Å². The molecule has 2 heteroatoms. The topological polar surface area (TPSA) is 20.2 Å². The van der Waals surface area contributed by atoms with Gasteiger partial charge in [-0.1, -0.05) is 18.9 Å². The Morgan fingerprint density at radius 3 is 2.92 bits per heavy atom. The Labute approximate surface area is 83.4 Å². The lowest BCUT2D eigenvalue weighted by Crippen LogP contribution is -2.20. The smallest absolute Gasteiger partial charge is 0.0465 e. The van der Waals surface area contributed by atoms with Gasteiger partial charge in [0.05, 0.1) is 0 Å². The first-order valence-corrected chi connectivity index (χ1v) is 5.94. The summed E-state index contributed by atoms with van der Waals surface area (Å²) in [6.45, 7) is 0.364. The Balaban J connectivity index is 2.11. The second-order valence-electron chi connectivity index (χ2n) is 3.85. The number of thiophene rings is 1. The number of rotatable bonds is 2. The van der Waals surface area contributed by atoms with Crippen molar-refractivity contribution in [1.29, 1.82) is 0 Å². The molecule has 0 radical (unpaired) electrons. The lowest BCUT2D eigenvalue weighted by Gasteiger charge is -2.29. The molecule has 2 rings (SSSR count). The van der Waals surface area contributed by atoms with E-state index in [1.807, 2.05) is 11.3 Å². The molecule has 0 spiro atoms. The summed E-state index contributed by atoms with van der Waals surface area (Å²) >= 11 is 1.84. The Kier molecular flexibility index (Phi) is 3.01. The van der Waals surface area contributed by atoms with E-state index in [9.17, 15) is 5.11 Å². The fourth-order valence-electron chi connectivity index (χ4n) is 2.30. The molecule has 1 heterocycles. The van der Waals surface area contributed by atoms with Crippen LogP contribution in [0.4, 0.5) is 0 Å². The molecule has 0 amide bonds. The van der Waals surface area contributed by atoms with Gasteiger partial charge in [-0.2, -0.15) is 0 Å². The van der Waals surface area contributed by atoms with Crippen molar-refractivity contribution in [3.05, 3.63) is 22.4 Å². The third-order valence-corrected chi connectivity index (χ3v) is 4.06. The molecule has 1 saturated carbocycles. The summed E-state index contributed by atoms with van der Waals surface area (Å²) in [5.74, 6) is 1.16. The SMILES string of the molecule is OCC1CCCCC1c1cccs1. The summed E-state index contributed by atoms with van der Waals surface area (Å²) in [5.41, 5.74) is 0. The third-order valence-electron chi connectivity index (χ3n) is 3.05. The van der Waals surface area contributed by atoms with Crippen LogP contribution in [0.2, 0.25) is 0 Å². The van der Waals surface area contributed by atoms with Gasteiger partial charge in [-0.25, -0.2) is 0 Å². The van der Waals surface area contributed by atoms with Crippen molar-refractivity contribution in [2.24, 2.45) is 5.92 Å². The highest BCUT2D eigenvalue weighted by Gasteiger charge is 2.26. The molecule has 0 saturated heterocycles. The predicted molar refractivity (Wildman–Crippen MR) is 56.1 cm³/mol. The van der Waals surface area contributed by atoms with E-state index in [0.29, 0.717) is 18.4 Å². The van der Waals surface area contributed by atoms with Gasteiger partial charge in [0.25, 0.3) is 0 Å². The van der Waals surface area contributed by atoms with E-state index in [1.165, 1.54) is 30.6 Å². The first-order valence-electron chi connectivity index (χ1n) is 5.06. The summed E-state index contributed by atoms with van der Waals surface area (Å²) in [5, 5.41) is 11.4. The Bertz CT molecular complexity index is 243. The molecule has 0 aliphatic heterocycles. The summed E-state index contributed by atoms with van der Waals surface area (Å²) in [6.07, 6.45) is 5.11. The van der Waals surface area contributed by atoms with Crippen LogP contribution in [0, 0.1) is 5.92 Å². The van der Waals surface area contributed by atoms with E-state index < -0.39 is 0 Å². The molecule has 13 heavy (non-hydrogen) atoms. The van der Waals surface area contributed by atoms with Crippen molar-refractivity contribution in [3.8, 4) is 0 Å². The zero-order valence-electron chi connectivity index (χ0n) is 7.78. The first kappa shape index (κ1) is 9.22. The maximum absolute atomic E-state index is 9.26. The van der Waals surface area contributed by atoms with Crippen molar-refractivity contribution < 1.29 is 5.11 Å². The van der Waals surface area contributed by atoms with E-state index >= 15 is 0 Å². The molecular formula is C11H16OS. The Hall–Kier alpha value is -0.340. The molecule has 1 N–H and O–H groups in total. The van der Waals surface area contributed by atoms with E-state index in [-0.39, 0.29) is 0 Å². The standard InChI is InChI=1S/C11H16OS/c12-8-9-4-1-2-5-10(9)11-6-3-7-13-11/h3,6-7,9-10,12H,1-2,4-5,8H2. The minimum absolute atomic E-state index is 0.364. The molecule has 72 valence electrons. The van der Waals surface area contributed by atoms with Gasteiger partial charge in [0.1, 0.15) is 0 Å². The molecule has 0 bridgehead atoms. The maximum atomic E-state index is 9.26. The highest BCUT2D eigenvalue weighted by molar-refractivity contribution is 7.10. The molecule has 1 aliphatic rings. The van der Waals surface area contributed by atoms with Gasteiger partial charge in [-0.3, -0.25) is 0 Å². The minimum Gasteiger partial charge on any atom is -0.396 e. The number of hydrogen-bond donors (Lipinski definition) is 1. The van der Waals surface area contributed by atoms with E-state index in [4.69, 9.17) is 0 Å². The highest BCUT2D eigenvalue weighted by Crippen LogP contribution is 2.39. The molecule has 1 aromatic heterocycles. The average molecular weight is 196 g/mol. The van der Waals surface area contributed by atoms with Gasteiger partial charge in [0.15, 0.2) is 0 Å². The van der Waals surface area contributed by atoms with Crippen LogP contribution >= 0.6 is 11.3 Å². The van der Waals surface area contributed by atoms with Crippen LogP contribution in [-0.2, 0) is 0 Å². The van der Waals surface area contributed by atoms with Crippen LogP contribution in [0.5, 0.6) is 0 Å². The first-order chi connectivity index (χ1) is 6.42. The predicted octanol–water partition coefficient (Wildman–Crippen LogP) is 3.01. The van der Waals surface area contributed by atoms with Gasteiger partial charge in [-0.15, -0.1) is 11.3 Å². The van der Waals surface area contributed by atoms with Crippen LogP contribution in [0.25, 0.3) is 0 Å². The van der Waals surface area contributed by atoms with Gasteiger partial charge in [0, 0.05) is 11.5 Å². The largest absolute Gasteiger partial charge is 0.396 e. The number of aliphatic hydroxyl groups excluding tert-OH is 1. The average Bonchev–Trinajstić information content (AvgIpc) is 2.70. The molecule has 0 aromatic carbocycles. The minimum atomic E-state index is 0.364. The molecule has 1 aliphatic carbocycles. The van der Waals surface area contributed by atoms with Crippen molar-refractivity contribution in [1.82, 2.24) is 0 Å². The monoisotopic (exact) mass is 196 g/mol. The highest BCUT2D eigenvalue weighted by atomic mass is 32.1. The molecule has 1 aromatic rings. The summed E-state index contributed by atoms with van der Waals surface area (Å²) in [4.78, 5) is 1.47. The fourth-order valence-corrected chi connectivity index (χ4v) is 3.26. The van der Waals surface area contributed by atoms with Crippen molar-refractivity contribution in [2.75, 3.05) is 6.61 Å². The van der Waals surface area contributed by atoms with Crippen LogP contribution in [0.3, 0.4) is 0 Å². The summed E-state index contributed by atoms with van der Waals surface area (Å²) in [6, 6.07) is 4.33. The van der Waals surface area contributed by atoms with E-state index in [1.54, 1.807) is 0 Å². The van der Waals surface area contributed by atoms with E-state index in [2.05, 4.69) is 17.5 Å². The zero-order chi connectivity index (χ0) is 9.10.